The number of imidazole rings is 1. The topological polar surface area (TPSA) is 73.1 Å². The van der Waals surface area contributed by atoms with Crippen LogP contribution in [0.1, 0.15) is 6.23 Å². The van der Waals surface area contributed by atoms with E-state index in [2.05, 4.69) is 30.9 Å². The first-order valence-corrected chi connectivity index (χ1v) is 10.0. The fourth-order valence-electron chi connectivity index (χ4n) is 3.36. The van der Waals surface area contributed by atoms with Crippen molar-refractivity contribution in [2.75, 3.05) is 6.61 Å². The number of aromatic nitrogens is 4. The molecule has 0 radical (unpaired) electrons. The summed E-state index contributed by atoms with van der Waals surface area (Å²) in [6.45, 7) is 0.0448. The average molecular weight is 470 g/mol. The number of benzene rings is 2. The zero-order valence-electron chi connectivity index (χ0n) is 15.0. The molecule has 0 saturated carbocycles. The molecular formula is C21H14BrClN4O2. The van der Waals surface area contributed by atoms with Gasteiger partial charge in [-0.15, -0.1) is 0 Å². The summed E-state index contributed by atoms with van der Waals surface area (Å²) < 4.78 is 8.43. The van der Waals surface area contributed by atoms with Gasteiger partial charge in [-0.25, -0.2) is 15.0 Å². The third-order valence-corrected chi connectivity index (χ3v) is 5.63. The highest BCUT2D eigenvalue weighted by Crippen LogP contribution is 2.39. The molecule has 8 heteroatoms. The number of aliphatic hydroxyl groups is 1. The lowest BCUT2D eigenvalue weighted by atomic mass is 10.1. The lowest BCUT2D eigenvalue weighted by Crippen LogP contribution is -2.15. The van der Waals surface area contributed by atoms with Crippen molar-refractivity contribution in [3.8, 4) is 5.75 Å². The van der Waals surface area contributed by atoms with Crippen LogP contribution in [0.4, 0.5) is 0 Å². The van der Waals surface area contributed by atoms with Gasteiger partial charge in [0, 0.05) is 33.8 Å². The Labute approximate surface area is 178 Å². The van der Waals surface area contributed by atoms with Crippen molar-refractivity contribution in [2.24, 2.45) is 0 Å². The Morgan fingerprint density at radius 1 is 1.21 bits per heavy atom. The number of ether oxygens (including phenoxy) is 1. The molecule has 0 amide bonds. The first kappa shape index (κ1) is 18.3. The predicted octanol–water partition coefficient (Wildman–Crippen LogP) is 5.12. The van der Waals surface area contributed by atoms with Gasteiger partial charge in [-0.2, -0.15) is 0 Å². The van der Waals surface area contributed by atoms with Crippen LogP contribution in [-0.4, -0.2) is 31.2 Å². The minimum atomic E-state index is -0.863. The van der Waals surface area contributed by atoms with Crippen molar-refractivity contribution in [1.29, 1.82) is 0 Å². The summed E-state index contributed by atoms with van der Waals surface area (Å²) in [4.78, 5) is 13.1. The molecule has 1 N–H and O–H groups in total. The summed E-state index contributed by atoms with van der Waals surface area (Å²) in [5.41, 5.74) is 1.25. The van der Waals surface area contributed by atoms with Gasteiger partial charge in [0.05, 0.1) is 22.3 Å². The van der Waals surface area contributed by atoms with Gasteiger partial charge < -0.3 is 14.4 Å². The Bertz CT molecular complexity index is 1360. The standard InChI is InChI=1S/C21H14BrClN4O2/c22-13-5-4-12-9-25-21-18(14(12)8-13)20(23)19-15(26-21)2-1-3-16(19)29-10-17(28)27-7-6-24-11-27/h1-9,11,17,28H,10H2. The van der Waals surface area contributed by atoms with Crippen LogP contribution in [0.25, 0.3) is 32.7 Å². The number of halogens is 2. The number of hydrogen-bond acceptors (Lipinski definition) is 5. The zero-order chi connectivity index (χ0) is 20.0. The van der Waals surface area contributed by atoms with Crippen molar-refractivity contribution in [2.45, 2.75) is 6.23 Å². The Morgan fingerprint density at radius 2 is 2.10 bits per heavy atom. The lowest BCUT2D eigenvalue weighted by molar-refractivity contribution is 0.0501. The quantitative estimate of drug-likeness (QED) is 0.292. The molecule has 0 saturated heterocycles. The van der Waals surface area contributed by atoms with Crippen LogP contribution in [-0.2, 0) is 0 Å². The molecule has 3 aromatic heterocycles. The smallest absolute Gasteiger partial charge is 0.166 e. The van der Waals surface area contributed by atoms with Gasteiger partial charge in [-0.05, 0) is 29.7 Å². The van der Waals surface area contributed by atoms with E-state index in [-0.39, 0.29) is 6.61 Å². The van der Waals surface area contributed by atoms with Crippen LogP contribution >= 0.6 is 27.5 Å². The molecule has 5 aromatic rings. The van der Waals surface area contributed by atoms with Crippen molar-refractivity contribution in [3.05, 3.63) is 70.8 Å². The number of fused-ring (bicyclic) bond motifs is 4. The Balaban J connectivity index is 1.67. The van der Waals surface area contributed by atoms with E-state index in [1.807, 2.05) is 36.4 Å². The van der Waals surface area contributed by atoms with Gasteiger partial charge in [-0.3, -0.25) is 0 Å². The highest BCUT2D eigenvalue weighted by molar-refractivity contribution is 9.10. The lowest BCUT2D eigenvalue weighted by Gasteiger charge is -2.16. The third-order valence-electron chi connectivity index (χ3n) is 4.76. The van der Waals surface area contributed by atoms with Crippen molar-refractivity contribution < 1.29 is 9.84 Å². The molecule has 1 unspecified atom stereocenters. The SMILES string of the molecule is OC(COc1cccc2nc3ncc4ccc(Br)cc4c3c(Cl)c12)n1ccnc1. The molecule has 0 fully saturated rings. The Hall–Kier alpha value is -2.74. The summed E-state index contributed by atoms with van der Waals surface area (Å²) in [6.07, 6.45) is 5.74. The number of pyridine rings is 2. The van der Waals surface area contributed by atoms with Crippen LogP contribution in [0.3, 0.4) is 0 Å². The minimum absolute atomic E-state index is 0.0448. The van der Waals surface area contributed by atoms with E-state index in [4.69, 9.17) is 16.3 Å². The van der Waals surface area contributed by atoms with E-state index in [9.17, 15) is 5.11 Å². The highest BCUT2D eigenvalue weighted by Gasteiger charge is 2.16. The molecule has 0 spiro atoms. The van der Waals surface area contributed by atoms with Gasteiger partial charge in [0.15, 0.2) is 11.9 Å². The normalized spacial score (nSPS) is 12.7. The second-order valence-corrected chi connectivity index (χ2v) is 7.86. The second-order valence-electron chi connectivity index (χ2n) is 6.57. The van der Waals surface area contributed by atoms with Gasteiger partial charge in [0.2, 0.25) is 0 Å². The van der Waals surface area contributed by atoms with Crippen LogP contribution in [0.2, 0.25) is 5.02 Å². The molecule has 0 aliphatic heterocycles. The molecule has 0 bridgehead atoms. The average Bonchev–Trinajstić information content (AvgIpc) is 3.26. The monoisotopic (exact) mass is 468 g/mol. The fraction of sp³-hybridized carbons (Fsp3) is 0.0952. The van der Waals surface area contributed by atoms with Crippen molar-refractivity contribution in [1.82, 2.24) is 19.5 Å². The van der Waals surface area contributed by atoms with E-state index in [0.29, 0.717) is 27.3 Å². The van der Waals surface area contributed by atoms with Gasteiger partial charge in [0.1, 0.15) is 12.4 Å². The maximum absolute atomic E-state index is 10.3. The molecule has 144 valence electrons. The van der Waals surface area contributed by atoms with Gasteiger partial charge >= 0.3 is 0 Å². The van der Waals surface area contributed by atoms with Crippen molar-refractivity contribution >= 4 is 60.2 Å². The molecule has 2 aromatic carbocycles. The van der Waals surface area contributed by atoms with Gasteiger partial charge in [0.25, 0.3) is 0 Å². The van der Waals surface area contributed by atoms with E-state index >= 15 is 0 Å². The maximum atomic E-state index is 10.3. The number of nitrogens with zero attached hydrogens (tertiary/aromatic N) is 4. The number of rotatable bonds is 4. The first-order chi connectivity index (χ1) is 14.1. The second kappa shape index (κ2) is 7.26. The minimum Gasteiger partial charge on any atom is -0.488 e. The van der Waals surface area contributed by atoms with Crippen LogP contribution in [0.15, 0.2) is 65.8 Å². The van der Waals surface area contributed by atoms with Crippen LogP contribution in [0, 0.1) is 0 Å². The van der Waals surface area contributed by atoms with Crippen LogP contribution < -0.4 is 4.74 Å². The highest BCUT2D eigenvalue weighted by atomic mass is 79.9. The number of hydrogen-bond donors (Lipinski definition) is 1. The summed E-state index contributed by atoms with van der Waals surface area (Å²) in [7, 11) is 0. The largest absolute Gasteiger partial charge is 0.488 e. The van der Waals surface area contributed by atoms with Crippen LogP contribution in [0.5, 0.6) is 5.75 Å². The van der Waals surface area contributed by atoms with E-state index in [1.165, 1.54) is 6.33 Å². The molecule has 1 atom stereocenters. The summed E-state index contributed by atoms with van der Waals surface area (Å²) >= 11 is 10.4. The molecule has 29 heavy (non-hydrogen) atoms. The summed E-state index contributed by atoms with van der Waals surface area (Å²) in [6, 6.07) is 11.5. The zero-order valence-corrected chi connectivity index (χ0v) is 17.3. The van der Waals surface area contributed by atoms with Crippen molar-refractivity contribution in [3.63, 3.8) is 0 Å². The molecule has 5 rings (SSSR count). The molecule has 6 nitrogen and oxygen atoms in total. The maximum Gasteiger partial charge on any atom is 0.166 e. The van der Waals surface area contributed by atoms with E-state index < -0.39 is 6.23 Å². The summed E-state index contributed by atoms with van der Waals surface area (Å²) in [5, 5.41) is 14.2. The molecular weight excluding hydrogens is 456 g/mol. The Kier molecular flexibility index (Phi) is 4.58. The van der Waals surface area contributed by atoms with Gasteiger partial charge in [-0.1, -0.05) is 39.7 Å². The molecule has 3 heterocycles. The first-order valence-electron chi connectivity index (χ1n) is 8.86. The van der Waals surface area contributed by atoms with E-state index in [0.717, 1.165) is 20.6 Å². The third kappa shape index (κ3) is 3.21. The summed E-state index contributed by atoms with van der Waals surface area (Å²) in [5.74, 6) is 0.549. The fourth-order valence-corrected chi connectivity index (χ4v) is 4.10. The Morgan fingerprint density at radius 3 is 2.93 bits per heavy atom. The predicted molar refractivity (Wildman–Crippen MR) is 116 cm³/mol. The molecule has 0 aliphatic carbocycles. The number of aliphatic hydroxyl groups excluding tert-OH is 1. The molecule has 0 aliphatic rings. The van der Waals surface area contributed by atoms with E-state index in [1.54, 1.807) is 23.2 Å².